The van der Waals surface area contributed by atoms with E-state index in [-0.39, 0.29) is 0 Å². The molecule has 1 aromatic rings. The van der Waals surface area contributed by atoms with Crippen LogP contribution in [-0.4, -0.2) is 24.0 Å². The van der Waals surface area contributed by atoms with Crippen LogP contribution in [0, 0.1) is 0 Å². The lowest BCUT2D eigenvalue weighted by Crippen LogP contribution is -2.42. The van der Waals surface area contributed by atoms with E-state index < -0.39 is 0 Å². The zero-order valence-corrected chi connectivity index (χ0v) is 10.5. The first-order valence-corrected chi connectivity index (χ1v) is 6.90. The third-order valence-corrected chi connectivity index (χ3v) is 4.11. The molecule has 0 spiro atoms. The summed E-state index contributed by atoms with van der Waals surface area (Å²) >= 11 is 0. The van der Waals surface area contributed by atoms with Crippen LogP contribution < -0.4 is 5.73 Å². The average Bonchev–Trinajstić information content (AvgIpc) is 2.76. The van der Waals surface area contributed by atoms with Crippen LogP contribution in [0.15, 0.2) is 18.2 Å². The highest BCUT2D eigenvalue weighted by Crippen LogP contribution is 2.23. The van der Waals surface area contributed by atoms with E-state index in [1.165, 1.54) is 44.2 Å². The maximum atomic E-state index is 6.03. The molecule has 2 N–H and O–H groups in total. The Kier molecular flexibility index (Phi) is 3.17. The number of likely N-dealkylation sites (tertiary alicyclic amines) is 1. The molecule has 0 bridgehead atoms. The van der Waals surface area contributed by atoms with Crippen LogP contribution in [0.1, 0.15) is 36.0 Å². The number of fused-ring (bicyclic) bond motifs is 1. The molecule has 2 heteroatoms. The summed E-state index contributed by atoms with van der Waals surface area (Å²) in [6.45, 7) is 3.36. The number of nitrogens with zero attached hydrogens (tertiary/aromatic N) is 1. The van der Waals surface area contributed by atoms with Gasteiger partial charge in [0.05, 0.1) is 0 Å². The summed E-state index contributed by atoms with van der Waals surface area (Å²) in [5, 5.41) is 0. The maximum Gasteiger partial charge on any atom is 0.0234 e. The van der Waals surface area contributed by atoms with Gasteiger partial charge in [0.15, 0.2) is 0 Å². The number of hydrogen-bond acceptors (Lipinski definition) is 2. The first-order chi connectivity index (χ1) is 8.31. The van der Waals surface area contributed by atoms with E-state index in [2.05, 4.69) is 23.1 Å². The molecule has 1 heterocycles. The molecule has 1 aromatic carbocycles. The molecule has 92 valence electrons. The number of nitrogens with two attached hydrogens (primary N) is 1. The van der Waals surface area contributed by atoms with Gasteiger partial charge in [-0.25, -0.2) is 0 Å². The van der Waals surface area contributed by atoms with Gasteiger partial charge in [-0.2, -0.15) is 0 Å². The van der Waals surface area contributed by atoms with Gasteiger partial charge in [0.1, 0.15) is 0 Å². The molecule has 2 aliphatic rings. The lowest BCUT2D eigenvalue weighted by molar-refractivity contribution is 0.201. The largest absolute Gasteiger partial charge is 0.327 e. The third kappa shape index (κ3) is 2.53. The van der Waals surface area contributed by atoms with Crippen LogP contribution in [0.2, 0.25) is 0 Å². The van der Waals surface area contributed by atoms with Crippen LogP contribution in [-0.2, 0) is 19.4 Å². The van der Waals surface area contributed by atoms with Gasteiger partial charge in [0.25, 0.3) is 0 Å². The van der Waals surface area contributed by atoms with Crippen molar-refractivity contribution in [1.29, 1.82) is 0 Å². The Hall–Kier alpha value is -0.860. The van der Waals surface area contributed by atoms with Crippen molar-refractivity contribution in [3.63, 3.8) is 0 Å². The molecule has 0 amide bonds. The fourth-order valence-corrected chi connectivity index (χ4v) is 3.22. The summed E-state index contributed by atoms with van der Waals surface area (Å²) < 4.78 is 0. The highest BCUT2D eigenvalue weighted by molar-refractivity contribution is 5.35. The van der Waals surface area contributed by atoms with Crippen LogP contribution in [0.3, 0.4) is 0 Å². The molecule has 3 rings (SSSR count). The van der Waals surface area contributed by atoms with Crippen molar-refractivity contribution in [3.05, 3.63) is 34.9 Å². The molecule has 2 nitrogen and oxygen atoms in total. The Morgan fingerprint density at radius 3 is 2.94 bits per heavy atom. The van der Waals surface area contributed by atoms with Gasteiger partial charge < -0.3 is 5.73 Å². The standard InChI is InChI=1S/C15H22N2/c16-15-5-2-8-17(11-15)10-12-6-7-13-3-1-4-14(13)9-12/h6-7,9,15H,1-5,8,10-11,16H2. The molecular formula is C15H22N2. The van der Waals surface area contributed by atoms with Gasteiger partial charge in [-0.05, 0) is 55.3 Å². The van der Waals surface area contributed by atoms with Gasteiger partial charge in [-0.15, -0.1) is 0 Å². The average molecular weight is 230 g/mol. The molecule has 0 aromatic heterocycles. The first-order valence-electron chi connectivity index (χ1n) is 6.90. The number of rotatable bonds is 2. The topological polar surface area (TPSA) is 29.3 Å². The summed E-state index contributed by atoms with van der Waals surface area (Å²) in [5.41, 5.74) is 10.7. The van der Waals surface area contributed by atoms with Crippen molar-refractivity contribution in [3.8, 4) is 0 Å². The molecule has 1 unspecified atom stereocenters. The lowest BCUT2D eigenvalue weighted by Gasteiger charge is -2.30. The normalized spacial score (nSPS) is 24.9. The summed E-state index contributed by atoms with van der Waals surface area (Å²) in [7, 11) is 0. The molecule has 17 heavy (non-hydrogen) atoms. The smallest absolute Gasteiger partial charge is 0.0234 e. The molecule has 1 atom stereocenters. The van der Waals surface area contributed by atoms with Gasteiger partial charge in [-0.3, -0.25) is 4.90 Å². The fourth-order valence-electron chi connectivity index (χ4n) is 3.22. The molecular weight excluding hydrogens is 208 g/mol. The molecule has 0 radical (unpaired) electrons. The van der Waals surface area contributed by atoms with Crippen LogP contribution in [0.25, 0.3) is 0 Å². The molecule has 1 saturated heterocycles. The van der Waals surface area contributed by atoms with Crippen molar-refractivity contribution in [2.75, 3.05) is 13.1 Å². The summed E-state index contributed by atoms with van der Waals surface area (Å²) in [6, 6.07) is 7.45. The van der Waals surface area contributed by atoms with E-state index in [1.807, 2.05) is 0 Å². The number of aryl methyl sites for hydroxylation is 2. The predicted octanol–water partition coefficient (Wildman–Crippen LogP) is 2.10. The van der Waals surface area contributed by atoms with Gasteiger partial charge in [0.2, 0.25) is 0 Å². The van der Waals surface area contributed by atoms with Crippen LogP contribution in [0.4, 0.5) is 0 Å². The van der Waals surface area contributed by atoms with Crippen molar-refractivity contribution >= 4 is 0 Å². The first kappa shape index (κ1) is 11.2. The van der Waals surface area contributed by atoms with E-state index in [0.717, 1.165) is 13.1 Å². The Balaban J connectivity index is 1.68. The minimum atomic E-state index is 0.387. The molecule has 0 saturated carbocycles. The number of benzene rings is 1. The van der Waals surface area contributed by atoms with E-state index in [1.54, 1.807) is 11.1 Å². The second-order valence-electron chi connectivity index (χ2n) is 5.59. The van der Waals surface area contributed by atoms with E-state index in [4.69, 9.17) is 5.73 Å². The Labute approximate surface area is 104 Å². The zero-order chi connectivity index (χ0) is 11.7. The lowest BCUT2D eigenvalue weighted by atomic mass is 10.0. The maximum absolute atomic E-state index is 6.03. The highest BCUT2D eigenvalue weighted by Gasteiger charge is 2.17. The van der Waals surface area contributed by atoms with Gasteiger partial charge in [-0.1, -0.05) is 18.2 Å². The molecule has 1 aliphatic carbocycles. The second kappa shape index (κ2) is 4.79. The van der Waals surface area contributed by atoms with Gasteiger partial charge >= 0.3 is 0 Å². The van der Waals surface area contributed by atoms with Crippen molar-refractivity contribution < 1.29 is 0 Å². The van der Waals surface area contributed by atoms with Gasteiger partial charge in [0, 0.05) is 19.1 Å². The zero-order valence-electron chi connectivity index (χ0n) is 10.5. The minimum Gasteiger partial charge on any atom is -0.327 e. The SMILES string of the molecule is NC1CCCN(Cc2ccc3c(c2)CCC3)C1. The Bertz CT molecular complexity index is 400. The van der Waals surface area contributed by atoms with E-state index >= 15 is 0 Å². The molecule has 1 fully saturated rings. The minimum absolute atomic E-state index is 0.387. The van der Waals surface area contributed by atoms with Crippen LogP contribution in [0.5, 0.6) is 0 Å². The summed E-state index contributed by atoms with van der Waals surface area (Å²) in [6.07, 6.45) is 6.35. The Morgan fingerprint density at radius 1 is 1.18 bits per heavy atom. The predicted molar refractivity (Wildman–Crippen MR) is 71.0 cm³/mol. The van der Waals surface area contributed by atoms with Crippen molar-refractivity contribution in [2.45, 2.75) is 44.7 Å². The Morgan fingerprint density at radius 2 is 2.06 bits per heavy atom. The fraction of sp³-hybridized carbons (Fsp3) is 0.600. The third-order valence-electron chi connectivity index (χ3n) is 4.11. The molecule has 1 aliphatic heterocycles. The monoisotopic (exact) mass is 230 g/mol. The summed E-state index contributed by atoms with van der Waals surface area (Å²) in [5.74, 6) is 0. The quantitative estimate of drug-likeness (QED) is 0.843. The number of piperidine rings is 1. The van der Waals surface area contributed by atoms with Crippen molar-refractivity contribution in [1.82, 2.24) is 4.90 Å². The van der Waals surface area contributed by atoms with Crippen LogP contribution >= 0.6 is 0 Å². The second-order valence-corrected chi connectivity index (χ2v) is 5.59. The highest BCUT2D eigenvalue weighted by atomic mass is 15.1. The summed E-state index contributed by atoms with van der Waals surface area (Å²) in [4.78, 5) is 2.50. The van der Waals surface area contributed by atoms with E-state index in [0.29, 0.717) is 6.04 Å². The number of hydrogen-bond donors (Lipinski definition) is 1. The van der Waals surface area contributed by atoms with Crippen molar-refractivity contribution in [2.24, 2.45) is 5.73 Å². The van der Waals surface area contributed by atoms with E-state index in [9.17, 15) is 0 Å².